The van der Waals surface area contributed by atoms with Gasteiger partial charge in [0.1, 0.15) is 22.9 Å². The van der Waals surface area contributed by atoms with Gasteiger partial charge in [-0.05, 0) is 59.7 Å². The first-order valence-corrected chi connectivity index (χ1v) is 15.1. The molecule has 0 unspecified atom stereocenters. The third-order valence-electron chi connectivity index (χ3n) is 7.07. The summed E-state index contributed by atoms with van der Waals surface area (Å²) in [5.74, 6) is 1.07. The van der Waals surface area contributed by atoms with Crippen LogP contribution in [-0.2, 0) is 27.6 Å². The molecule has 5 rings (SSSR count). The maximum atomic E-state index is 12.6. The predicted molar refractivity (Wildman–Crippen MR) is 183 cm³/mol. The fourth-order valence-electron chi connectivity index (χ4n) is 4.67. The number of oxime groups is 2. The molecule has 0 atom stereocenters. The average molecular weight is 657 g/mol. The zero-order valence-corrected chi connectivity index (χ0v) is 26.4. The number of benzene rings is 5. The predicted octanol–water partition coefficient (Wildman–Crippen LogP) is 6.59. The van der Waals surface area contributed by atoms with Crippen LogP contribution in [0.2, 0.25) is 0 Å². The maximum absolute atomic E-state index is 12.6. The van der Waals surface area contributed by atoms with Crippen LogP contribution in [-0.4, -0.2) is 37.2 Å². The van der Waals surface area contributed by atoms with E-state index in [4.69, 9.17) is 19.1 Å². The van der Waals surface area contributed by atoms with E-state index >= 15 is 0 Å². The summed E-state index contributed by atoms with van der Waals surface area (Å²) in [6.07, 6.45) is -1.49. The van der Waals surface area contributed by atoms with Crippen LogP contribution in [0, 0.1) is 0 Å². The normalized spacial score (nSPS) is 11.2. The molecule has 0 aliphatic rings. The minimum absolute atomic E-state index is 0.150. The van der Waals surface area contributed by atoms with Crippen LogP contribution in [0.1, 0.15) is 33.4 Å². The van der Waals surface area contributed by atoms with Crippen molar-refractivity contribution in [2.24, 2.45) is 10.3 Å². The molecule has 0 radical (unpaired) electrons. The molecule has 5 aromatic carbocycles. The minimum Gasteiger partial charge on any atom is -0.497 e. The molecule has 2 amide bonds. The highest BCUT2D eigenvalue weighted by Crippen LogP contribution is 2.18. The lowest BCUT2D eigenvalue weighted by Crippen LogP contribution is -2.24. The lowest BCUT2D eigenvalue weighted by Gasteiger charge is -2.10. The number of carbonyl (C=O) groups is 3. The fraction of sp³-hybridized carbons (Fsp3) is 0.0789. The topological polar surface area (TPSA) is 137 Å². The Morgan fingerprint density at radius 3 is 1.43 bits per heavy atom. The smallest absolute Gasteiger partial charge is 0.433 e. The van der Waals surface area contributed by atoms with Gasteiger partial charge in [-0.2, -0.15) is 0 Å². The summed E-state index contributed by atoms with van der Waals surface area (Å²) in [6.45, 7) is 0.660. The summed E-state index contributed by atoms with van der Waals surface area (Å²) in [7, 11) is 1.59. The molecular formula is C38H32N4O7. The molecule has 0 saturated carbocycles. The molecule has 11 nitrogen and oxygen atoms in total. The summed E-state index contributed by atoms with van der Waals surface area (Å²) >= 11 is 0. The Kier molecular flexibility index (Phi) is 11.8. The number of hydrogen-bond acceptors (Lipinski definition) is 9. The Labute approximate surface area is 282 Å². The molecule has 0 fully saturated rings. The zero-order chi connectivity index (χ0) is 34.3. The van der Waals surface area contributed by atoms with Crippen molar-refractivity contribution in [1.82, 2.24) is 10.6 Å². The van der Waals surface area contributed by atoms with E-state index in [1.165, 1.54) is 0 Å². The summed E-state index contributed by atoms with van der Waals surface area (Å²) in [6, 6.07) is 39.8. The van der Waals surface area contributed by atoms with Gasteiger partial charge in [0, 0.05) is 35.3 Å². The van der Waals surface area contributed by atoms with Crippen molar-refractivity contribution in [1.29, 1.82) is 0 Å². The molecule has 0 bridgehead atoms. The Balaban J connectivity index is 1.17. The number of nitrogens with zero attached hydrogens (tertiary/aromatic N) is 2. The molecule has 246 valence electrons. The molecular weight excluding hydrogens is 624 g/mol. The Morgan fingerprint density at radius 2 is 1.00 bits per heavy atom. The molecule has 2 N–H and O–H groups in total. The first kappa shape index (κ1) is 33.6. The molecule has 0 aliphatic carbocycles. The van der Waals surface area contributed by atoms with E-state index in [2.05, 4.69) is 20.9 Å². The van der Waals surface area contributed by atoms with Gasteiger partial charge in [-0.1, -0.05) is 95.2 Å². The molecule has 49 heavy (non-hydrogen) atoms. The van der Waals surface area contributed by atoms with Crippen LogP contribution in [0.3, 0.4) is 0 Å². The van der Waals surface area contributed by atoms with Crippen LogP contribution in [0.15, 0.2) is 144 Å². The third-order valence-corrected chi connectivity index (χ3v) is 7.07. The highest BCUT2D eigenvalue weighted by molar-refractivity contribution is 6.13. The second-order valence-corrected chi connectivity index (χ2v) is 10.4. The van der Waals surface area contributed by atoms with Crippen LogP contribution in [0.4, 0.5) is 9.59 Å². The van der Waals surface area contributed by atoms with E-state index in [9.17, 15) is 14.4 Å². The summed E-state index contributed by atoms with van der Waals surface area (Å²) < 4.78 is 10.1. The van der Waals surface area contributed by atoms with Crippen molar-refractivity contribution in [3.8, 4) is 11.5 Å². The van der Waals surface area contributed by atoms with Gasteiger partial charge in [0.15, 0.2) is 0 Å². The quantitative estimate of drug-likeness (QED) is 0.0632. The van der Waals surface area contributed by atoms with Gasteiger partial charge in [0.25, 0.3) is 6.47 Å². The largest absolute Gasteiger partial charge is 0.497 e. The number of ether oxygens (including phenoxy) is 2. The molecule has 0 heterocycles. The van der Waals surface area contributed by atoms with Crippen LogP contribution in [0.25, 0.3) is 0 Å². The molecule has 5 aromatic rings. The van der Waals surface area contributed by atoms with Crippen molar-refractivity contribution < 1.29 is 33.5 Å². The van der Waals surface area contributed by atoms with Gasteiger partial charge in [0.2, 0.25) is 0 Å². The van der Waals surface area contributed by atoms with Crippen molar-refractivity contribution in [3.63, 3.8) is 0 Å². The SMILES string of the molecule is COc1ccc(/C(=N/OC(=O)NCc2cccc(CNC(=O)O/N=C(\c3ccccc3)c3ccc(OC=O)cc3)c2)c2ccccc2)cc1. The van der Waals surface area contributed by atoms with Gasteiger partial charge >= 0.3 is 12.2 Å². The van der Waals surface area contributed by atoms with Crippen LogP contribution in [0.5, 0.6) is 11.5 Å². The Bertz CT molecular complexity index is 1910. The van der Waals surface area contributed by atoms with E-state index in [0.717, 1.165) is 27.8 Å². The molecule has 0 aliphatic heterocycles. The number of amides is 2. The van der Waals surface area contributed by atoms with E-state index < -0.39 is 12.2 Å². The van der Waals surface area contributed by atoms with Crippen molar-refractivity contribution in [2.45, 2.75) is 13.1 Å². The summed E-state index contributed by atoms with van der Waals surface area (Å²) in [4.78, 5) is 46.3. The molecule has 11 heteroatoms. The van der Waals surface area contributed by atoms with Crippen LogP contribution < -0.4 is 20.1 Å². The van der Waals surface area contributed by atoms with E-state index in [1.807, 2.05) is 97.1 Å². The van der Waals surface area contributed by atoms with Gasteiger partial charge in [0.05, 0.1) is 7.11 Å². The number of hydrogen-bond donors (Lipinski definition) is 2. The lowest BCUT2D eigenvalue weighted by atomic mass is 10.0. The van der Waals surface area contributed by atoms with E-state index in [-0.39, 0.29) is 13.1 Å². The first-order valence-electron chi connectivity index (χ1n) is 15.1. The molecule has 0 spiro atoms. The highest BCUT2D eigenvalue weighted by Gasteiger charge is 2.12. The monoisotopic (exact) mass is 656 g/mol. The number of carbonyl (C=O) groups excluding carboxylic acids is 3. The number of rotatable bonds is 13. The van der Waals surface area contributed by atoms with Gasteiger partial charge in [-0.3, -0.25) is 14.5 Å². The Hall–Kier alpha value is -6.75. The average Bonchev–Trinajstić information content (AvgIpc) is 3.15. The Morgan fingerprint density at radius 1 is 0.571 bits per heavy atom. The second kappa shape index (κ2) is 17.2. The zero-order valence-electron chi connectivity index (χ0n) is 26.4. The fourth-order valence-corrected chi connectivity index (χ4v) is 4.67. The van der Waals surface area contributed by atoms with Gasteiger partial charge < -0.3 is 20.1 Å². The second-order valence-electron chi connectivity index (χ2n) is 10.4. The van der Waals surface area contributed by atoms with Gasteiger partial charge in [-0.15, -0.1) is 0 Å². The van der Waals surface area contributed by atoms with E-state index in [0.29, 0.717) is 35.0 Å². The standard InChI is InChI=1S/C38H32N4O7/c1-46-33-19-15-31(16-20-33)35(29-11-4-2-5-12-29)41-48-37(44)39-24-27-9-8-10-28(23-27)25-40-38(45)49-42-36(30-13-6-3-7-14-30)32-17-21-34(22-18-32)47-26-43/h2-23,26H,24-25H2,1H3,(H,39,44)(H,40,45)/b41-35+,42-36+. The first-order chi connectivity index (χ1) is 24.0. The van der Waals surface area contributed by atoms with Gasteiger partial charge in [-0.25, -0.2) is 9.59 Å². The van der Waals surface area contributed by atoms with Crippen molar-refractivity contribution in [3.05, 3.63) is 167 Å². The lowest BCUT2D eigenvalue weighted by molar-refractivity contribution is -0.120. The maximum Gasteiger partial charge on any atom is 0.433 e. The number of nitrogens with one attached hydrogen (secondary N) is 2. The van der Waals surface area contributed by atoms with Crippen LogP contribution >= 0.6 is 0 Å². The van der Waals surface area contributed by atoms with Crippen molar-refractivity contribution >= 4 is 30.1 Å². The summed E-state index contributed by atoms with van der Waals surface area (Å²) in [5, 5.41) is 13.6. The van der Waals surface area contributed by atoms with E-state index in [1.54, 1.807) is 43.5 Å². The minimum atomic E-state index is -0.759. The highest BCUT2D eigenvalue weighted by atomic mass is 16.7. The third kappa shape index (κ3) is 9.87. The summed E-state index contributed by atoms with van der Waals surface area (Å²) in [5.41, 5.74) is 5.35. The molecule has 0 saturated heterocycles. The molecule has 0 aromatic heterocycles. The number of methoxy groups -OCH3 is 1. The van der Waals surface area contributed by atoms with Crippen molar-refractivity contribution in [2.75, 3.05) is 7.11 Å².